The van der Waals surface area contributed by atoms with Crippen LogP contribution in [-0.4, -0.2) is 18.3 Å². The number of halogens is 3. The van der Waals surface area contributed by atoms with Gasteiger partial charge in [-0.1, -0.05) is 11.6 Å². The van der Waals surface area contributed by atoms with Gasteiger partial charge in [-0.3, -0.25) is 0 Å². The first-order valence-electron chi connectivity index (χ1n) is 6.27. The molecule has 3 rings (SSSR count). The lowest BCUT2D eigenvalue weighted by molar-refractivity contribution is 0.169. The molecule has 0 saturated carbocycles. The Hall–Kier alpha value is -1.85. The van der Waals surface area contributed by atoms with Crippen LogP contribution in [0, 0.1) is 11.6 Å². The summed E-state index contributed by atoms with van der Waals surface area (Å²) in [6.45, 7) is 0.805. The minimum Gasteiger partial charge on any atom is -0.486 e. The van der Waals surface area contributed by atoms with Crippen molar-refractivity contribution in [2.45, 2.75) is 6.10 Å². The number of hydrogen-bond donors (Lipinski definition) is 1. The molecule has 1 aliphatic heterocycles. The van der Waals surface area contributed by atoms with Gasteiger partial charge in [0.25, 0.3) is 0 Å². The van der Waals surface area contributed by atoms with E-state index in [-0.39, 0.29) is 10.6 Å². The largest absolute Gasteiger partial charge is 0.486 e. The second-order valence-electron chi connectivity index (χ2n) is 4.62. The van der Waals surface area contributed by atoms with Crippen LogP contribution >= 0.6 is 11.6 Å². The van der Waals surface area contributed by atoms with E-state index >= 15 is 0 Å². The predicted molar refractivity (Wildman–Crippen MR) is 72.9 cm³/mol. The first kappa shape index (κ1) is 14.1. The van der Waals surface area contributed by atoms with E-state index < -0.39 is 17.7 Å². The van der Waals surface area contributed by atoms with Gasteiger partial charge < -0.3 is 14.6 Å². The molecule has 1 N–H and O–H groups in total. The van der Waals surface area contributed by atoms with Crippen LogP contribution in [0.1, 0.15) is 17.2 Å². The third kappa shape index (κ3) is 2.80. The van der Waals surface area contributed by atoms with Gasteiger partial charge in [-0.25, -0.2) is 8.78 Å². The van der Waals surface area contributed by atoms with Crippen molar-refractivity contribution in [3.63, 3.8) is 0 Å². The number of ether oxygens (including phenoxy) is 2. The molecule has 0 radical (unpaired) electrons. The van der Waals surface area contributed by atoms with Crippen molar-refractivity contribution in [2.24, 2.45) is 0 Å². The predicted octanol–water partition coefficient (Wildman–Crippen LogP) is 3.47. The van der Waals surface area contributed by atoms with Crippen molar-refractivity contribution in [2.75, 3.05) is 13.2 Å². The highest BCUT2D eigenvalue weighted by molar-refractivity contribution is 6.31. The monoisotopic (exact) mass is 312 g/mol. The third-order valence-corrected chi connectivity index (χ3v) is 3.48. The van der Waals surface area contributed by atoms with E-state index in [1.807, 2.05) is 0 Å². The zero-order chi connectivity index (χ0) is 15.0. The summed E-state index contributed by atoms with van der Waals surface area (Å²) in [7, 11) is 0. The van der Waals surface area contributed by atoms with Crippen LogP contribution in [0.25, 0.3) is 0 Å². The number of rotatable bonds is 2. The minimum absolute atomic E-state index is 0.0751. The van der Waals surface area contributed by atoms with Gasteiger partial charge in [0.05, 0.1) is 5.02 Å². The molecule has 0 amide bonds. The van der Waals surface area contributed by atoms with Gasteiger partial charge in [0.2, 0.25) is 0 Å². The number of aliphatic hydroxyl groups is 1. The summed E-state index contributed by atoms with van der Waals surface area (Å²) in [6, 6.07) is 5.89. The summed E-state index contributed by atoms with van der Waals surface area (Å²) in [6.07, 6.45) is -1.27. The van der Waals surface area contributed by atoms with E-state index in [4.69, 9.17) is 21.1 Å². The molecule has 0 fully saturated rings. The summed E-state index contributed by atoms with van der Waals surface area (Å²) in [5, 5.41) is 10.5. The van der Waals surface area contributed by atoms with Crippen LogP contribution < -0.4 is 9.47 Å². The van der Waals surface area contributed by atoms with Gasteiger partial charge >= 0.3 is 0 Å². The maximum atomic E-state index is 13.2. The molecule has 1 heterocycles. The summed E-state index contributed by atoms with van der Waals surface area (Å²) in [4.78, 5) is 0. The highest BCUT2D eigenvalue weighted by atomic mass is 35.5. The Labute approximate surface area is 124 Å². The molecule has 110 valence electrons. The Balaban J connectivity index is 2.02. The lowest BCUT2D eigenvalue weighted by Crippen LogP contribution is -2.16. The fourth-order valence-corrected chi connectivity index (χ4v) is 2.46. The van der Waals surface area contributed by atoms with Gasteiger partial charge in [-0.2, -0.15) is 0 Å². The topological polar surface area (TPSA) is 38.7 Å². The highest BCUT2D eigenvalue weighted by Crippen LogP contribution is 2.39. The zero-order valence-corrected chi connectivity index (χ0v) is 11.5. The van der Waals surface area contributed by atoms with E-state index in [2.05, 4.69) is 0 Å². The Morgan fingerprint density at radius 1 is 0.952 bits per heavy atom. The molecule has 1 atom stereocenters. The number of benzene rings is 2. The van der Waals surface area contributed by atoms with Gasteiger partial charge in [0.15, 0.2) is 11.5 Å². The molecule has 21 heavy (non-hydrogen) atoms. The second kappa shape index (κ2) is 5.50. The molecule has 2 aromatic rings. The van der Waals surface area contributed by atoms with Crippen LogP contribution in [0.2, 0.25) is 5.02 Å². The maximum Gasteiger partial charge on any atom is 0.162 e. The molecule has 0 saturated heterocycles. The van der Waals surface area contributed by atoms with Gasteiger partial charge in [-0.05, 0) is 23.8 Å². The molecule has 2 aromatic carbocycles. The van der Waals surface area contributed by atoms with Crippen molar-refractivity contribution in [1.29, 1.82) is 0 Å². The standard InChI is InChI=1S/C15H11ClF2O3/c16-12-7-14-13(20-1-2-21-14)6-11(12)15(19)8-3-9(17)5-10(18)4-8/h3-7,15,19H,1-2H2. The van der Waals surface area contributed by atoms with Crippen LogP contribution in [-0.2, 0) is 0 Å². The minimum atomic E-state index is -1.27. The quantitative estimate of drug-likeness (QED) is 0.923. The molecule has 6 heteroatoms. The van der Waals surface area contributed by atoms with Crippen molar-refractivity contribution in [3.05, 3.63) is 58.1 Å². The molecule has 0 bridgehead atoms. The Morgan fingerprint density at radius 3 is 2.14 bits per heavy atom. The van der Waals surface area contributed by atoms with E-state index in [1.54, 1.807) is 0 Å². The lowest BCUT2D eigenvalue weighted by Gasteiger charge is -2.21. The fourth-order valence-electron chi connectivity index (χ4n) is 2.20. The molecule has 1 unspecified atom stereocenters. The summed E-state index contributed by atoms with van der Waals surface area (Å²) in [5.41, 5.74) is 0.372. The van der Waals surface area contributed by atoms with E-state index in [0.717, 1.165) is 18.2 Å². The molecule has 0 aromatic heterocycles. The van der Waals surface area contributed by atoms with Crippen molar-refractivity contribution in [3.8, 4) is 11.5 Å². The Kier molecular flexibility index (Phi) is 3.69. The van der Waals surface area contributed by atoms with Crippen LogP contribution in [0.4, 0.5) is 8.78 Å². The average molecular weight is 313 g/mol. The van der Waals surface area contributed by atoms with Crippen molar-refractivity contribution in [1.82, 2.24) is 0 Å². The summed E-state index contributed by atoms with van der Waals surface area (Å²) >= 11 is 6.10. The van der Waals surface area contributed by atoms with E-state index in [0.29, 0.717) is 30.3 Å². The molecule has 0 aliphatic carbocycles. The smallest absolute Gasteiger partial charge is 0.162 e. The molecular weight excluding hydrogens is 302 g/mol. The average Bonchev–Trinajstić information content (AvgIpc) is 2.44. The van der Waals surface area contributed by atoms with Crippen molar-refractivity contribution >= 4 is 11.6 Å². The highest BCUT2D eigenvalue weighted by Gasteiger charge is 2.21. The molecule has 3 nitrogen and oxygen atoms in total. The first-order valence-corrected chi connectivity index (χ1v) is 6.65. The fraction of sp³-hybridized carbons (Fsp3) is 0.200. The number of aliphatic hydroxyl groups excluding tert-OH is 1. The van der Waals surface area contributed by atoms with Crippen LogP contribution in [0.15, 0.2) is 30.3 Å². The van der Waals surface area contributed by atoms with Crippen LogP contribution in [0.5, 0.6) is 11.5 Å². The molecular formula is C15H11ClF2O3. The normalized spacial score (nSPS) is 14.9. The lowest BCUT2D eigenvalue weighted by atomic mass is 10.0. The summed E-state index contributed by atoms with van der Waals surface area (Å²) < 4.78 is 37.3. The second-order valence-corrected chi connectivity index (χ2v) is 5.03. The van der Waals surface area contributed by atoms with Gasteiger partial charge in [0.1, 0.15) is 31.0 Å². The van der Waals surface area contributed by atoms with Gasteiger partial charge in [0, 0.05) is 17.7 Å². The van der Waals surface area contributed by atoms with E-state index in [1.165, 1.54) is 12.1 Å². The Morgan fingerprint density at radius 2 is 1.52 bits per heavy atom. The SMILES string of the molecule is OC(c1cc(F)cc(F)c1)c1cc2c(cc1Cl)OCCO2. The third-order valence-electron chi connectivity index (χ3n) is 3.16. The first-order chi connectivity index (χ1) is 10.0. The van der Waals surface area contributed by atoms with E-state index in [9.17, 15) is 13.9 Å². The number of hydrogen-bond acceptors (Lipinski definition) is 3. The number of fused-ring (bicyclic) bond motifs is 1. The van der Waals surface area contributed by atoms with Crippen LogP contribution in [0.3, 0.4) is 0 Å². The summed E-state index contributed by atoms with van der Waals surface area (Å²) in [5.74, 6) is -0.611. The Bertz CT molecular complexity index is 671. The van der Waals surface area contributed by atoms with Gasteiger partial charge in [-0.15, -0.1) is 0 Å². The molecule has 1 aliphatic rings. The maximum absolute atomic E-state index is 13.2. The van der Waals surface area contributed by atoms with Crippen molar-refractivity contribution < 1.29 is 23.4 Å². The molecule has 0 spiro atoms. The zero-order valence-electron chi connectivity index (χ0n) is 10.8.